The van der Waals surface area contributed by atoms with Gasteiger partial charge in [-0.2, -0.15) is 0 Å². The molecule has 1 heterocycles. The van der Waals surface area contributed by atoms with E-state index in [1.165, 1.54) is 11.8 Å². The Morgan fingerprint density at radius 2 is 1.96 bits per heavy atom. The Labute approximate surface area is 144 Å². The van der Waals surface area contributed by atoms with Gasteiger partial charge in [-0.15, -0.1) is 10.2 Å². The van der Waals surface area contributed by atoms with Crippen LogP contribution in [0.2, 0.25) is 0 Å². The molecule has 0 aliphatic heterocycles. The zero-order chi connectivity index (χ0) is 17.3. The van der Waals surface area contributed by atoms with Crippen LogP contribution in [0, 0.1) is 0 Å². The van der Waals surface area contributed by atoms with Gasteiger partial charge in [0.2, 0.25) is 10.0 Å². The van der Waals surface area contributed by atoms with Gasteiger partial charge in [0.1, 0.15) is 5.82 Å². The summed E-state index contributed by atoms with van der Waals surface area (Å²) in [7, 11) is -1.40. The largest absolute Gasteiger partial charge is 0.309 e. The lowest BCUT2D eigenvalue weighted by molar-refractivity contribution is 0.102. The number of aromatic nitrogens is 3. The van der Waals surface area contributed by atoms with Crippen molar-refractivity contribution in [1.82, 2.24) is 14.8 Å². The maximum atomic E-state index is 12.3. The summed E-state index contributed by atoms with van der Waals surface area (Å²) in [6, 6.07) is 6.38. The van der Waals surface area contributed by atoms with Gasteiger partial charge in [-0.1, -0.05) is 11.8 Å². The lowest BCUT2D eigenvalue weighted by Crippen LogP contribution is -2.10. The standard InChI is InChI=1S/C15H18N4O3S2/c1-19-14(11-3-4-11)16-17-15(19)23-9-13(20)10-5-7-12(8-6-10)18-24(2,21)22/h5-8,11,18H,3-4,9H2,1-2H3. The van der Waals surface area contributed by atoms with Crippen molar-refractivity contribution in [3.8, 4) is 0 Å². The monoisotopic (exact) mass is 366 g/mol. The molecule has 1 saturated carbocycles. The molecule has 0 radical (unpaired) electrons. The zero-order valence-electron chi connectivity index (χ0n) is 13.4. The molecule has 1 fully saturated rings. The first-order valence-corrected chi connectivity index (χ1v) is 10.3. The number of nitrogens with one attached hydrogen (secondary N) is 1. The van der Waals surface area contributed by atoms with Crippen molar-refractivity contribution in [2.45, 2.75) is 23.9 Å². The van der Waals surface area contributed by atoms with Gasteiger partial charge in [0.25, 0.3) is 0 Å². The quantitative estimate of drug-likeness (QED) is 0.595. The van der Waals surface area contributed by atoms with Crippen LogP contribution in [0.15, 0.2) is 29.4 Å². The maximum absolute atomic E-state index is 12.3. The molecule has 0 unspecified atom stereocenters. The SMILES string of the molecule is Cn1c(SCC(=O)c2ccc(NS(C)(=O)=O)cc2)nnc1C1CC1. The van der Waals surface area contributed by atoms with E-state index in [-0.39, 0.29) is 11.5 Å². The van der Waals surface area contributed by atoms with Crippen molar-refractivity contribution in [2.75, 3.05) is 16.7 Å². The van der Waals surface area contributed by atoms with Crippen LogP contribution in [-0.4, -0.2) is 41.0 Å². The number of carbonyl (C=O) groups excluding carboxylic acids is 1. The third kappa shape index (κ3) is 4.15. The highest BCUT2D eigenvalue weighted by molar-refractivity contribution is 7.99. The molecule has 1 aromatic heterocycles. The molecule has 0 bridgehead atoms. The number of nitrogens with zero attached hydrogens (tertiary/aromatic N) is 3. The van der Waals surface area contributed by atoms with E-state index in [1.54, 1.807) is 24.3 Å². The molecule has 0 amide bonds. The van der Waals surface area contributed by atoms with Gasteiger partial charge < -0.3 is 4.57 Å². The molecule has 1 aromatic carbocycles. The lowest BCUT2D eigenvalue weighted by atomic mass is 10.1. The van der Waals surface area contributed by atoms with Gasteiger partial charge in [0.05, 0.1) is 12.0 Å². The average Bonchev–Trinajstić information content (AvgIpc) is 3.28. The highest BCUT2D eigenvalue weighted by Crippen LogP contribution is 2.39. The van der Waals surface area contributed by atoms with Gasteiger partial charge in [-0.3, -0.25) is 9.52 Å². The molecule has 0 spiro atoms. The Hall–Kier alpha value is -1.87. The molecular formula is C15H18N4O3S2. The fraction of sp³-hybridized carbons (Fsp3) is 0.400. The molecule has 2 aromatic rings. The number of carbonyl (C=O) groups is 1. The second-order valence-corrected chi connectivity index (χ2v) is 8.53. The van der Waals surface area contributed by atoms with E-state index in [2.05, 4.69) is 14.9 Å². The van der Waals surface area contributed by atoms with Crippen LogP contribution in [0.1, 0.15) is 34.9 Å². The Kier molecular flexibility index (Phi) is 4.64. The van der Waals surface area contributed by atoms with Crippen molar-refractivity contribution in [1.29, 1.82) is 0 Å². The number of sulfonamides is 1. The minimum atomic E-state index is -3.32. The number of hydrogen-bond acceptors (Lipinski definition) is 6. The summed E-state index contributed by atoms with van der Waals surface area (Å²) in [5.74, 6) is 1.72. The molecule has 1 aliphatic carbocycles. The van der Waals surface area contributed by atoms with Crippen molar-refractivity contribution in [3.63, 3.8) is 0 Å². The second-order valence-electron chi connectivity index (χ2n) is 5.84. The van der Waals surface area contributed by atoms with Crippen LogP contribution in [-0.2, 0) is 17.1 Å². The summed E-state index contributed by atoms with van der Waals surface area (Å²) >= 11 is 1.36. The molecule has 9 heteroatoms. The Balaban J connectivity index is 1.60. The van der Waals surface area contributed by atoms with Crippen LogP contribution in [0.3, 0.4) is 0 Å². The number of hydrogen-bond donors (Lipinski definition) is 1. The Bertz CT molecular complexity index is 855. The van der Waals surface area contributed by atoms with Crippen LogP contribution < -0.4 is 4.72 Å². The average molecular weight is 366 g/mol. The van der Waals surface area contributed by atoms with E-state index in [4.69, 9.17) is 0 Å². The first-order chi connectivity index (χ1) is 11.3. The summed E-state index contributed by atoms with van der Waals surface area (Å²) in [4.78, 5) is 12.3. The van der Waals surface area contributed by atoms with E-state index in [1.807, 2.05) is 11.6 Å². The first kappa shape index (κ1) is 17.0. The lowest BCUT2D eigenvalue weighted by Gasteiger charge is -2.05. The molecule has 1 aliphatic rings. The third-order valence-electron chi connectivity index (χ3n) is 3.65. The van der Waals surface area contributed by atoms with Gasteiger partial charge in [0.15, 0.2) is 10.9 Å². The normalized spacial score (nSPS) is 14.6. The number of rotatable bonds is 7. The van der Waals surface area contributed by atoms with E-state index in [0.717, 1.165) is 30.1 Å². The topological polar surface area (TPSA) is 94.0 Å². The molecule has 24 heavy (non-hydrogen) atoms. The molecule has 128 valence electrons. The molecule has 3 rings (SSSR count). The summed E-state index contributed by atoms with van der Waals surface area (Å²) in [5.41, 5.74) is 0.968. The molecule has 0 saturated heterocycles. The maximum Gasteiger partial charge on any atom is 0.229 e. The van der Waals surface area contributed by atoms with Crippen LogP contribution in [0.5, 0.6) is 0 Å². The Morgan fingerprint density at radius 1 is 1.29 bits per heavy atom. The van der Waals surface area contributed by atoms with Crippen molar-refractivity contribution < 1.29 is 13.2 Å². The minimum Gasteiger partial charge on any atom is -0.309 e. The van der Waals surface area contributed by atoms with Gasteiger partial charge in [-0.05, 0) is 37.1 Å². The third-order valence-corrected chi connectivity index (χ3v) is 5.28. The smallest absolute Gasteiger partial charge is 0.229 e. The van der Waals surface area contributed by atoms with Crippen LogP contribution in [0.25, 0.3) is 0 Å². The summed E-state index contributed by atoms with van der Waals surface area (Å²) in [5, 5.41) is 9.07. The van der Waals surface area contributed by atoms with Crippen molar-refractivity contribution in [3.05, 3.63) is 35.7 Å². The molecular weight excluding hydrogens is 348 g/mol. The van der Waals surface area contributed by atoms with E-state index in [9.17, 15) is 13.2 Å². The van der Waals surface area contributed by atoms with E-state index < -0.39 is 10.0 Å². The zero-order valence-corrected chi connectivity index (χ0v) is 15.0. The number of thioether (sulfide) groups is 1. The van der Waals surface area contributed by atoms with Crippen LogP contribution in [0.4, 0.5) is 5.69 Å². The van der Waals surface area contributed by atoms with Gasteiger partial charge in [0, 0.05) is 24.2 Å². The van der Waals surface area contributed by atoms with Crippen molar-refractivity contribution in [2.24, 2.45) is 7.05 Å². The predicted octanol–water partition coefficient (Wildman–Crippen LogP) is 2.04. The summed E-state index contributed by atoms with van der Waals surface area (Å²) in [6.07, 6.45) is 3.40. The molecule has 1 N–H and O–H groups in total. The number of benzene rings is 1. The number of Topliss-reactive ketones (excluding diaryl/α,β-unsaturated/α-hetero) is 1. The van der Waals surface area contributed by atoms with Gasteiger partial charge >= 0.3 is 0 Å². The summed E-state index contributed by atoms with van der Waals surface area (Å²) < 4.78 is 26.7. The highest BCUT2D eigenvalue weighted by Gasteiger charge is 2.29. The molecule has 0 atom stereocenters. The number of ketones is 1. The molecule has 7 nitrogen and oxygen atoms in total. The predicted molar refractivity (Wildman–Crippen MR) is 92.9 cm³/mol. The first-order valence-electron chi connectivity index (χ1n) is 7.46. The van der Waals surface area contributed by atoms with Gasteiger partial charge in [-0.25, -0.2) is 8.42 Å². The van der Waals surface area contributed by atoms with Crippen molar-refractivity contribution >= 4 is 33.3 Å². The second kappa shape index (κ2) is 6.56. The van der Waals surface area contributed by atoms with E-state index in [0.29, 0.717) is 17.2 Å². The minimum absolute atomic E-state index is 0.0399. The number of anilines is 1. The van der Waals surface area contributed by atoms with Crippen LogP contribution >= 0.6 is 11.8 Å². The fourth-order valence-electron chi connectivity index (χ4n) is 2.30. The fourth-order valence-corrected chi connectivity index (χ4v) is 3.68. The van der Waals surface area contributed by atoms with E-state index >= 15 is 0 Å². The summed E-state index contributed by atoms with van der Waals surface area (Å²) in [6.45, 7) is 0. The Morgan fingerprint density at radius 3 is 2.54 bits per heavy atom. The highest BCUT2D eigenvalue weighted by atomic mass is 32.2.